The molecule has 2 heterocycles. The second-order valence-corrected chi connectivity index (χ2v) is 8.04. The molecule has 5 nitrogen and oxygen atoms in total. The summed E-state index contributed by atoms with van der Waals surface area (Å²) in [5.74, 6) is 0.588. The van der Waals surface area contributed by atoms with Crippen LogP contribution in [0.15, 0.2) is 101 Å². The zero-order valence-corrected chi connectivity index (χ0v) is 17.7. The highest BCUT2D eigenvalue weighted by Crippen LogP contribution is 2.39. The van der Waals surface area contributed by atoms with Crippen molar-refractivity contribution in [2.75, 3.05) is 5.32 Å². The number of phenolic OH excluding ortho intramolecular Hbond substituents is 1. The molecular weight excluding hydrogens is 420 g/mol. The van der Waals surface area contributed by atoms with Crippen LogP contribution >= 0.6 is 11.3 Å². The van der Waals surface area contributed by atoms with Crippen molar-refractivity contribution >= 4 is 23.1 Å². The Labute approximate surface area is 188 Å². The van der Waals surface area contributed by atoms with Crippen molar-refractivity contribution in [3.63, 3.8) is 0 Å². The fourth-order valence-corrected chi connectivity index (χ4v) is 4.17. The molecule has 0 saturated carbocycles. The van der Waals surface area contributed by atoms with Crippen LogP contribution in [0.2, 0.25) is 0 Å². The van der Waals surface area contributed by atoms with Crippen LogP contribution in [0.5, 0.6) is 5.75 Å². The van der Waals surface area contributed by atoms with Crippen molar-refractivity contribution < 1.29 is 14.3 Å². The molecular formula is C26H18N2O3S. The summed E-state index contributed by atoms with van der Waals surface area (Å²) in [5, 5.41) is 14.8. The van der Waals surface area contributed by atoms with E-state index in [9.17, 15) is 9.90 Å². The highest BCUT2D eigenvalue weighted by atomic mass is 32.1. The number of rotatable bonds is 5. The molecule has 3 aromatic carbocycles. The molecule has 32 heavy (non-hydrogen) atoms. The molecule has 0 bridgehead atoms. The number of anilines is 1. The van der Waals surface area contributed by atoms with Crippen LogP contribution in [0.4, 0.5) is 5.88 Å². The first kappa shape index (κ1) is 19.8. The Kier molecular flexibility index (Phi) is 5.27. The van der Waals surface area contributed by atoms with E-state index in [0.29, 0.717) is 23.0 Å². The number of nitrogens with zero attached hydrogens (tertiary/aromatic N) is 1. The van der Waals surface area contributed by atoms with E-state index >= 15 is 0 Å². The minimum Gasteiger partial charge on any atom is -0.508 e. The average molecular weight is 439 g/mol. The van der Waals surface area contributed by atoms with E-state index in [1.165, 1.54) is 11.3 Å². The maximum absolute atomic E-state index is 12.8. The van der Waals surface area contributed by atoms with Gasteiger partial charge >= 0.3 is 0 Å². The van der Waals surface area contributed by atoms with Gasteiger partial charge in [-0.25, -0.2) is 4.98 Å². The summed E-state index contributed by atoms with van der Waals surface area (Å²) in [4.78, 5) is 18.4. The number of carbonyl (C=O) groups is 1. The number of phenols is 1. The first-order valence-corrected chi connectivity index (χ1v) is 10.9. The number of oxazole rings is 1. The lowest BCUT2D eigenvalue weighted by atomic mass is 9.99. The van der Waals surface area contributed by atoms with Crippen molar-refractivity contribution in [2.24, 2.45) is 0 Å². The number of carbonyl (C=O) groups excluding carboxylic acids is 1. The Morgan fingerprint density at radius 2 is 1.66 bits per heavy atom. The lowest BCUT2D eigenvalue weighted by Crippen LogP contribution is -2.11. The third-order valence-corrected chi connectivity index (χ3v) is 5.84. The molecule has 0 saturated heterocycles. The van der Waals surface area contributed by atoms with Crippen molar-refractivity contribution in [1.82, 2.24) is 4.98 Å². The van der Waals surface area contributed by atoms with Crippen LogP contribution in [0, 0.1) is 0 Å². The van der Waals surface area contributed by atoms with E-state index in [1.54, 1.807) is 30.3 Å². The van der Waals surface area contributed by atoms with Gasteiger partial charge in [0.2, 0.25) is 11.8 Å². The van der Waals surface area contributed by atoms with E-state index in [0.717, 1.165) is 21.6 Å². The number of thiophene rings is 1. The predicted molar refractivity (Wildman–Crippen MR) is 127 cm³/mol. The van der Waals surface area contributed by atoms with Crippen molar-refractivity contribution in [3.05, 3.63) is 102 Å². The molecule has 1 amide bonds. The highest BCUT2D eigenvalue weighted by molar-refractivity contribution is 7.13. The summed E-state index contributed by atoms with van der Waals surface area (Å²) in [6, 6.07) is 27.5. The maximum atomic E-state index is 12.8. The van der Waals surface area contributed by atoms with E-state index < -0.39 is 0 Å². The lowest BCUT2D eigenvalue weighted by molar-refractivity contribution is 0.102. The average Bonchev–Trinajstić information content (AvgIpc) is 3.50. The quantitative estimate of drug-likeness (QED) is 0.320. The molecule has 0 radical (unpaired) electrons. The van der Waals surface area contributed by atoms with Crippen molar-refractivity contribution in [2.45, 2.75) is 0 Å². The number of hydrogen-bond acceptors (Lipinski definition) is 5. The summed E-state index contributed by atoms with van der Waals surface area (Å²) < 4.78 is 6.11. The van der Waals surface area contributed by atoms with Crippen LogP contribution in [0.25, 0.3) is 33.2 Å². The Morgan fingerprint density at radius 1 is 0.875 bits per heavy atom. The molecule has 0 aliphatic carbocycles. The fourth-order valence-electron chi connectivity index (χ4n) is 3.46. The molecule has 0 atom stereocenters. The van der Waals surface area contributed by atoms with Gasteiger partial charge in [-0.2, -0.15) is 0 Å². The molecule has 0 spiro atoms. The van der Waals surface area contributed by atoms with Gasteiger partial charge in [0.25, 0.3) is 5.91 Å². The standard InChI is InChI=1S/C26H18N2O3S/c29-19-11-6-10-18(16-19)20-12-4-5-13-21(20)25-27-23(22-14-7-15-32-22)26(31-25)28-24(30)17-8-2-1-3-9-17/h1-16,29H,(H,28,30). The van der Waals surface area contributed by atoms with E-state index in [1.807, 2.05) is 66.0 Å². The van der Waals surface area contributed by atoms with Gasteiger partial charge in [-0.05, 0) is 52.9 Å². The van der Waals surface area contributed by atoms with Crippen LogP contribution in [0.1, 0.15) is 10.4 Å². The molecule has 156 valence electrons. The second-order valence-electron chi connectivity index (χ2n) is 7.09. The minimum atomic E-state index is -0.271. The smallest absolute Gasteiger partial charge is 0.258 e. The SMILES string of the molecule is O=C(Nc1oc(-c2ccccc2-c2cccc(O)c2)nc1-c1cccs1)c1ccccc1. The third-order valence-electron chi connectivity index (χ3n) is 4.96. The number of aromatic nitrogens is 1. The molecule has 6 heteroatoms. The molecule has 5 rings (SSSR count). The van der Waals surface area contributed by atoms with Gasteiger partial charge in [-0.1, -0.05) is 54.6 Å². The summed E-state index contributed by atoms with van der Waals surface area (Å²) >= 11 is 1.52. The first-order valence-electron chi connectivity index (χ1n) is 9.99. The molecule has 0 aliphatic rings. The van der Waals surface area contributed by atoms with Crippen molar-refractivity contribution in [1.29, 1.82) is 0 Å². The molecule has 2 N–H and O–H groups in total. The van der Waals surface area contributed by atoms with E-state index in [2.05, 4.69) is 5.32 Å². The number of benzene rings is 3. The molecule has 5 aromatic rings. The number of amides is 1. The highest BCUT2D eigenvalue weighted by Gasteiger charge is 2.21. The predicted octanol–water partition coefficient (Wildman–Crippen LogP) is 6.70. The number of nitrogens with one attached hydrogen (secondary N) is 1. The van der Waals surface area contributed by atoms with Gasteiger partial charge in [-0.3, -0.25) is 10.1 Å². The van der Waals surface area contributed by atoms with Crippen LogP contribution in [0.3, 0.4) is 0 Å². The van der Waals surface area contributed by atoms with Crippen LogP contribution < -0.4 is 5.32 Å². The van der Waals surface area contributed by atoms with Crippen molar-refractivity contribution in [3.8, 4) is 38.9 Å². The largest absolute Gasteiger partial charge is 0.508 e. The van der Waals surface area contributed by atoms with E-state index in [4.69, 9.17) is 9.40 Å². The van der Waals surface area contributed by atoms with E-state index in [-0.39, 0.29) is 11.7 Å². The Hall–Kier alpha value is -4.16. The monoisotopic (exact) mass is 438 g/mol. The second kappa shape index (κ2) is 8.53. The molecule has 0 unspecified atom stereocenters. The minimum absolute atomic E-state index is 0.180. The first-order chi connectivity index (χ1) is 15.7. The Morgan fingerprint density at radius 3 is 2.41 bits per heavy atom. The third kappa shape index (κ3) is 3.91. The normalized spacial score (nSPS) is 10.8. The van der Waals surface area contributed by atoms with Gasteiger partial charge in [-0.15, -0.1) is 11.3 Å². The number of hydrogen-bond donors (Lipinski definition) is 2. The Balaban J connectivity index is 1.60. The maximum Gasteiger partial charge on any atom is 0.258 e. The lowest BCUT2D eigenvalue weighted by Gasteiger charge is -2.07. The number of aromatic hydroxyl groups is 1. The van der Waals surface area contributed by atoms with Gasteiger partial charge in [0.1, 0.15) is 11.4 Å². The summed E-state index contributed by atoms with van der Waals surface area (Å²) in [5.41, 5.74) is 3.57. The molecule has 0 aliphatic heterocycles. The zero-order valence-electron chi connectivity index (χ0n) is 16.9. The van der Waals surface area contributed by atoms with Gasteiger partial charge in [0.15, 0.2) is 0 Å². The van der Waals surface area contributed by atoms with Gasteiger partial charge in [0, 0.05) is 11.1 Å². The summed E-state index contributed by atoms with van der Waals surface area (Å²) in [6.07, 6.45) is 0. The molecule has 0 fully saturated rings. The molecule has 2 aromatic heterocycles. The topological polar surface area (TPSA) is 75.4 Å². The summed E-state index contributed by atoms with van der Waals surface area (Å²) in [6.45, 7) is 0. The van der Waals surface area contributed by atoms with Crippen LogP contribution in [-0.4, -0.2) is 16.0 Å². The van der Waals surface area contributed by atoms with Gasteiger partial charge in [0.05, 0.1) is 4.88 Å². The Bertz CT molecular complexity index is 1380. The summed E-state index contributed by atoms with van der Waals surface area (Å²) in [7, 11) is 0. The van der Waals surface area contributed by atoms with Crippen LogP contribution in [-0.2, 0) is 0 Å². The fraction of sp³-hybridized carbons (Fsp3) is 0. The van der Waals surface area contributed by atoms with Gasteiger partial charge < -0.3 is 9.52 Å². The zero-order chi connectivity index (χ0) is 21.9.